The summed E-state index contributed by atoms with van der Waals surface area (Å²) in [6, 6.07) is 6.19. The van der Waals surface area contributed by atoms with Gasteiger partial charge in [-0.15, -0.1) is 12.4 Å². The van der Waals surface area contributed by atoms with E-state index in [1.807, 2.05) is 6.07 Å². The normalized spacial score (nSPS) is 15.2. The molecule has 1 aromatic carbocycles. The van der Waals surface area contributed by atoms with E-state index < -0.39 is 0 Å². The van der Waals surface area contributed by atoms with Gasteiger partial charge < -0.3 is 14.4 Å². The Labute approximate surface area is 183 Å². The first-order valence-corrected chi connectivity index (χ1v) is 10.5. The molecule has 3 heterocycles. The number of aromatic nitrogens is 3. The molecule has 2 aliphatic rings. The average molecular weight is 429 g/mol. The van der Waals surface area contributed by atoms with Crippen LogP contribution in [0.25, 0.3) is 16.8 Å². The smallest absolute Gasteiger partial charge is 0.165 e. The predicted molar refractivity (Wildman–Crippen MR) is 121 cm³/mol. The number of anilines is 1. The summed E-state index contributed by atoms with van der Waals surface area (Å²) in [5.74, 6) is 2.83. The summed E-state index contributed by atoms with van der Waals surface area (Å²) < 4.78 is 13.3. The van der Waals surface area contributed by atoms with Gasteiger partial charge in [0.25, 0.3) is 0 Å². The molecule has 1 fully saturated rings. The summed E-state index contributed by atoms with van der Waals surface area (Å²) in [6.45, 7) is 9.65. The van der Waals surface area contributed by atoms with E-state index in [9.17, 15) is 0 Å². The maximum atomic E-state index is 5.79. The monoisotopic (exact) mass is 428 g/mol. The fraction of sp³-hybridized carbons (Fsp3) is 0.478. The first-order chi connectivity index (χ1) is 14.1. The highest BCUT2D eigenvalue weighted by atomic mass is 35.5. The summed E-state index contributed by atoms with van der Waals surface area (Å²) in [4.78, 5) is 7.50. The molecule has 0 atom stereocenters. The summed E-state index contributed by atoms with van der Waals surface area (Å²) in [5.41, 5.74) is 7.58. The molecule has 1 saturated carbocycles. The van der Waals surface area contributed by atoms with Crippen molar-refractivity contribution in [3.8, 4) is 16.9 Å². The fourth-order valence-corrected chi connectivity index (χ4v) is 4.40. The minimum absolute atomic E-state index is 0. The van der Waals surface area contributed by atoms with Crippen LogP contribution >= 0.6 is 12.4 Å². The van der Waals surface area contributed by atoms with E-state index >= 15 is 0 Å². The van der Waals surface area contributed by atoms with Crippen LogP contribution in [0.2, 0.25) is 0 Å². The van der Waals surface area contributed by atoms with Crippen molar-refractivity contribution in [3.05, 3.63) is 40.7 Å². The second-order valence-corrected chi connectivity index (χ2v) is 8.21. The summed E-state index contributed by atoms with van der Waals surface area (Å²) >= 11 is 0. The minimum atomic E-state index is 0. The van der Waals surface area contributed by atoms with E-state index in [0.29, 0.717) is 13.2 Å². The first kappa shape index (κ1) is 20.9. The lowest BCUT2D eigenvalue weighted by Gasteiger charge is -2.25. The third kappa shape index (κ3) is 3.42. The number of rotatable bonds is 6. The Kier molecular flexibility index (Phi) is 5.64. The van der Waals surface area contributed by atoms with E-state index in [1.165, 1.54) is 18.4 Å². The molecule has 5 rings (SSSR count). The minimum Gasteiger partial charge on any atom is -0.497 e. The van der Waals surface area contributed by atoms with Crippen molar-refractivity contribution >= 4 is 23.9 Å². The third-order valence-corrected chi connectivity index (χ3v) is 6.14. The number of benzene rings is 1. The molecule has 6 nitrogen and oxygen atoms in total. The molecule has 0 spiro atoms. The number of hydrogen-bond donors (Lipinski definition) is 0. The quantitative estimate of drug-likeness (QED) is 0.569. The topological polar surface area (TPSA) is 51.9 Å². The SMILES string of the molecule is CCN(CC1CC1)c1c2c(nc3c(-c4ccc(OC)cc4C)c(C)nn13)COC2.Cl. The Balaban J connectivity index is 0.00000218. The van der Waals surface area contributed by atoms with Crippen molar-refractivity contribution in [2.45, 2.75) is 46.8 Å². The van der Waals surface area contributed by atoms with Crippen LogP contribution in [0.3, 0.4) is 0 Å². The van der Waals surface area contributed by atoms with Crippen LogP contribution < -0.4 is 9.64 Å². The molecule has 1 aliphatic carbocycles. The number of ether oxygens (including phenoxy) is 2. The predicted octanol–water partition coefficient (Wildman–Crippen LogP) is 4.71. The molecule has 0 radical (unpaired) electrons. The Morgan fingerprint density at radius 3 is 2.70 bits per heavy atom. The van der Waals surface area contributed by atoms with Crippen molar-refractivity contribution in [1.29, 1.82) is 0 Å². The maximum absolute atomic E-state index is 5.79. The van der Waals surface area contributed by atoms with Crippen molar-refractivity contribution in [2.24, 2.45) is 5.92 Å². The highest BCUT2D eigenvalue weighted by Crippen LogP contribution is 2.38. The maximum Gasteiger partial charge on any atom is 0.165 e. The number of halogens is 1. The van der Waals surface area contributed by atoms with Gasteiger partial charge in [0.1, 0.15) is 11.6 Å². The molecular formula is C23H29ClN4O2. The summed E-state index contributed by atoms with van der Waals surface area (Å²) in [5, 5.41) is 4.97. The molecule has 30 heavy (non-hydrogen) atoms. The summed E-state index contributed by atoms with van der Waals surface area (Å²) in [7, 11) is 1.70. The van der Waals surface area contributed by atoms with Crippen LogP contribution in [0.1, 0.15) is 42.3 Å². The van der Waals surface area contributed by atoms with Crippen molar-refractivity contribution in [2.75, 3.05) is 25.1 Å². The van der Waals surface area contributed by atoms with E-state index in [2.05, 4.69) is 42.3 Å². The van der Waals surface area contributed by atoms with Gasteiger partial charge in [-0.25, -0.2) is 4.98 Å². The lowest BCUT2D eigenvalue weighted by atomic mass is 10.0. The largest absolute Gasteiger partial charge is 0.497 e. The van der Waals surface area contributed by atoms with Crippen LogP contribution in [0.15, 0.2) is 18.2 Å². The Bertz CT molecular complexity index is 1090. The van der Waals surface area contributed by atoms with E-state index in [1.54, 1.807) is 7.11 Å². The Morgan fingerprint density at radius 1 is 1.23 bits per heavy atom. The second kappa shape index (κ2) is 8.08. The molecule has 1 aliphatic heterocycles. The highest BCUT2D eigenvalue weighted by Gasteiger charge is 2.30. The lowest BCUT2D eigenvalue weighted by molar-refractivity contribution is 0.133. The van der Waals surface area contributed by atoms with Crippen LogP contribution in [-0.4, -0.2) is 34.8 Å². The molecule has 0 unspecified atom stereocenters. The van der Waals surface area contributed by atoms with Crippen molar-refractivity contribution in [1.82, 2.24) is 14.6 Å². The van der Waals surface area contributed by atoms with E-state index in [0.717, 1.165) is 64.3 Å². The van der Waals surface area contributed by atoms with Gasteiger partial charge in [0.2, 0.25) is 0 Å². The van der Waals surface area contributed by atoms with Crippen LogP contribution in [0.4, 0.5) is 5.82 Å². The number of hydrogen-bond acceptors (Lipinski definition) is 5. The summed E-state index contributed by atoms with van der Waals surface area (Å²) in [6.07, 6.45) is 2.66. The van der Waals surface area contributed by atoms with Gasteiger partial charge in [0.15, 0.2) is 5.65 Å². The molecule has 2 aromatic heterocycles. The second-order valence-electron chi connectivity index (χ2n) is 8.21. The molecule has 0 N–H and O–H groups in total. The number of aryl methyl sites for hydroxylation is 2. The first-order valence-electron chi connectivity index (χ1n) is 10.5. The molecule has 7 heteroatoms. The van der Waals surface area contributed by atoms with Crippen LogP contribution in [-0.2, 0) is 18.0 Å². The van der Waals surface area contributed by atoms with Gasteiger partial charge in [-0.05, 0) is 62.8 Å². The Morgan fingerprint density at radius 2 is 2.03 bits per heavy atom. The fourth-order valence-electron chi connectivity index (χ4n) is 4.40. The number of fused-ring (bicyclic) bond motifs is 2. The van der Waals surface area contributed by atoms with Gasteiger partial charge >= 0.3 is 0 Å². The molecule has 160 valence electrons. The molecule has 0 saturated heterocycles. The Hall–Kier alpha value is -2.31. The molecule has 3 aromatic rings. The molecule has 0 amide bonds. The van der Waals surface area contributed by atoms with Crippen molar-refractivity contribution < 1.29 is 9.47 Å². The van der Waals surface area contributed by atoms with Crippen LogP contribution in [0.5, 0.6) is 5.75 Å². The van der Waals surface area contributed by atoms with Gasteiger partial charge in [0, 0.05) is 24.2 Å². The van der Waals surface area contributed by atoms with Gasteiger partial charge in [-0.1, -0.05) is 6.07 Å². The lowest BCUT2D eigenvalue weighted by Crippen LogP contribution is -2.29. The molecule has 0 bridgehead atoms. The van der Waals surface area contributed by atoms with E-state index in [4.69, 9.17) is 19.6 Å². The molecular weight excluding hydrogens is 400 g/mol. The van der Waals surface area contributed by atoms with Gasteiger partial charge in [0.05, 0.1) is 31.7 Å². The number of nitrogens with zero attached hydrogens (tertiary/aromatic N) is 4. The zero-order chi connectivity index (χ0) is 20.1. The van der Waals surface area contributed by atoms with Crippen LogP contribution in [0, 0.1) is 19.8 Å². The number of methoxy groups -OCH3 is 1. The van der Waals surface area contributed by atoms with E-state index in [-0.39, 0.29) is 12.4 Å². The average Bonchev–Trinajstić information content (AvgIpc) is 3.32. The zero-order valence-corrected chi connectivity index (χ0v) is 18.9. The van der Waals surface area contributed by atoms with Gasteiger partial charge in [-0.3, -0.25) is 0 Å². The van der Waals surface area contributed by atoms with Gasteiger partial charge in [-0.2, -0.15) is 9.61 Å². The van der Waals surface area contributed by atoms with Crippen molar-refractivity contribution in [3.63, 3.8) is 0 Å². The standard InChI is InChI=1S/C23H28N4O2.ClH/c1-5-26(11-16-6-7-16)23-19-12-29-13-20(19)24-22-21(15(3)25-27(22)23)18-9-8-17(28-4)10-14(18)2;/h8-10,16H,5-7,11-13H2,1-4H3;1H. The highest BCUT2D eigenvalue weighted by molar-refractivity contribution is 5.85. The third-order valence-electron chi connectivity index (χ3n) is 6.14. The zero-order valence-electron chi connectivity index (χ0n) is 18.1.